The highest BCUT2D eigenvalue weighted by atomic mass is 19.1. The van der Waals surface area contributed by atoms with Crippen molar-refractivity contribution in [1.82, 2.24) is 25.3 Å². The molecular weight excluding hydrogens is 401 g/mol. The van der Waals surface area contributed by atoms with Crippen molar-refractivity contribution < 1.29 is 19.0 Å². The van der Waals surface area contributed by atoms with E-state index in [9.17, 15) is 14.3 Å². The molecule has 1 aliphatic heterocycles. The van der Waals surface area contributed by atoms with E-state index in [1.807, 2.05) is 18.3 Å². The van der Waals surface area contributed by atoms with Gasteiger partial charge in [0.1, 0.15) is 17.6 Å². The number of carbonyl (C=O) groups is 1. The van der Waals surface area contributed by atoms with E-state index in [4.69, 9.17) is 4.74 Å². The van der Waals surface area contributed by atoms with Crippen molar-refractivity contribution in [3.63, 3.8) is 0 Å². The van der Waals surface area contributed by atoms with Gasteiger partial charge < -0.3 is 15.2 Å². The number of nitrogens with zero attached hydrogens (tertiary/aromatic N) is 4. The number of aryl methyl sites for hydroxylation is 1. The summed E-state index contributed by atoms with van der Waals surface area (Å²) in [5, 5.41) is 20.9. The molecule has 0 unspecified atom stereocenters. The molecule has 0 aliphatic carbocycles. The molecule has 0 bridgehead atoms. The number of pyridine rings is 1. The number of benzene rings is 1. The molecule has 3 aromatic rings. The maximum absolute atomic E-state index is 13.8. The van der Waals surface area contributed by atoms with Crippen molar-refractivity contribution in [2.24, 2.45) is 0 Å². The molecule has 1 aromatic carbocycles. The van der Waals surface area contributed by atoms with Gasteiger partial charge in [0, 0.05) is 24.5 Å². The molecule has 1 saturated heterocycles. The number of hydrogen-bond acceptors (Lipinski definition) is 6. The Kier molecular flexibility index (Phi) is 6.63. The molecule has 31 heavy (non-hydrogen) atoms. The van der Waals surface area contributed by atoms with Crippen LogP contribution in [0.5, 0.6) is 0 Å². The Labute approximate surface area is 179 Å². The average Bonchev–Trinajstić information content (AvgIpc) is 3.28. The summed E-state index contributed by atoms with van der Waals surface area (Å²) in [6, 6.07) is 9.22. The van der Waals surface area contributed by atoms with E-state index in [0.717, 1.165) is 11.3 Å². The summed E-state index contributed by atoms with van der Waals surface area (Å²) in [7, 11) is 0. The summed E-state index contributed by atoms with van der Waals surface area (Å²) >= 11 is 0. The molecule has 1 fully saturated rings. The number of aliphatic hydroxyl groups is 1. The summed E-state index contributed by atoms with van der Waals surface area (Å²) in [5.41, 5.74) is 1.63. The second-order valence-corrected chi connectivity index (χ2v) is 7.51. The van der Waals surface area contributed by atoms with Gasteiger partial charge in [-0.15, -0.1) is 5.10 Å². The van der Waals surface area contributed by atoms with Crippen LogP contribution in [-0.4, -0.2) is 55.8 Å². The van der Waals surface area contributed by atoms with E-state index in [1.165, 1.54) is 18.2 Å². The molecule has 8 nitrogen and oxygen atoms in total. The third kappa shape index (κ3) is 5.12. The summed E-state index contributed by atoms with van der Waals surface area (Å²) in [4.78, 5) is 16.5. The fourth-order valence-corrected chi connectivity index (χ4v) is 3.73. The van der Waals surface area contributed by atoms with Gasteiger partial charge in [-0.3, -0.25) is 14.5 Å². The van der Waals surface area contributed by atoms with Gasteiger partial charge in [0.2, 0.25) is 0 Å². The van der Waals surface area contributed by atoms with E-state index in [-0.39, 0.29) is 24.3 Å². The zero-order valence-electron chi connectivity index (χ0n) is 16.9. The number of carbonyl (C=O) groups excluding carboxylic acids is 1. The maximum Gasteiger partial charge on any atom is 0.254 e. The fourth-order valence-electron chi connectivity index (χ4n) is 3.73. The molecular formula is C22H24FN5O3. The van der Waals surface area contributed by atoms with Crippen LogP contribution in [-0.2, 0) is 11.3 Å². The van der Waals surface area contributed by atoms with Crippen molar-refractivity contribution in [3.8, 4) is 11.3 Å². The standard InChI is InChI=1S/C22H24FN5O3/c23-18-6-2-1-5-17(18)22(30)25-19-8-7-16(31-21(19)14-29)9-11-28-13-20(26-27-28)15-4-3-10-24-12-15/h1-6,10,12-13,16,19,21,29H,7-9,11,14H2,(H,25,30)/t16-,19-,21+/m1/s1. The first-order valence-corrected chi connectivity index (χ1v) is 10.3. The van der Waals surface area contributed by atoms with Gasteiger partial charge in [-0.05, 0) is 43.5 Å². The lowest BCUT2D eigenvalue weighted by molar-refractivity contribution is -0.0912. The molecule has 0 spiro atoms. The zero-order valence-corrected chi connectivity index (χ0v) is 16.9. The molecule has 9 heteroatoms. The summed E-state index contributed by atoms with van der Waals surface area (Å²) in [6.07, 6.45) is 6.72. The minimum absolute atomic E-state index is 0.0167. The van der Waals surface area contributed by atoms with Crippen LogP contribution < -0.4 is 5.32 Å². The number of hydrogen-bond donors (Lipinski definition) is 2. The van der Waals surface area contributed by atoms with Gasteiger partial charge in [0.15, 0.2) is 0 Å². The minimum Gasteiger partial charge on any atom is -0.394 e. The van der Waals surface area contributed by atoms with Crippen LogP contribution in [0.4, 0.5) is 4.39 Å². The topological polar surface area (TPSA) is 102 Å². The average molecular weight is 425 g/mol. The zero-order chi connectivity index (χ0) is 21.6. The first-order valence-electron chi connectivity index (χ1n) is 10.3. The third-order valence-corrected chi connectivity index (χ3v) is 5.41. The Morgan fingerprint density at radius 3 is 2.90 bits per heavy atom. The molecule has 4 rings (SSSR count). The van der Waals surface area contributed by atoms with Crippen molar-refractivity contribution in [2.45, 2.75) is 44.1 Å². The fraction of sp³-hybridized carbons (Fsp3) is 0.364. The second-order valence-electron chi connectivity index (χ2n) is 7.51. The van der Waals surface area contributed by atoms with E-state index >= 15 is 0 Å². The van der Waals surface area contributed by atoms with E-state index in [2.05, 4.69) is 20.6 Å². The van der Waals surface area contributed by atoms with E-state index in [1.54, 1.807) is 23.1 Å². The number of rotatable bonds is 7. The van der Waals surface area contributed by atoms with Crippen LogP contribution >= 0.6 is 0 Å². The highest BCUT2D eigenvalue weighted by Crippen LogP contribution is 2.23. The van der Waals surface area contributed by atoms with Crippen LogP contribution in [0, 0.1) is 5.82 Å². The molecule has 2 N–H and O–H groups in total. The summed E-state index contributed by atoms with van der Waals surface area (Å²) < 4.78 is 21.6. The van der Waals surface area contributed by atoms with Gasteiger partial charge in [-0.25, -0.2) is 4.39 Å². The number of aromatic nitrogens is 4. The SMILES string of the molecule is O=C(N[C@@H]1CC[C@H](CCn2cc(-c3cccnc3)nn2)O[C@H]1CO)c1ccccc1F. The highest BCUT2D eigenvalue weighted by Gasteiger charge is 2.32. The van der Waals surface area contributed by atoms with Crippen molar-refractivity contribution in [1.29, 1.82) is 0 Å². The van der Waals surface area contributed by atoms with Crippen molar-refractivity contribution in [2.75, 3.05) is 6.61 Å². The Bertz CT molecular complexity index is 1010. The lowest BCUT2D eigenvalue weighted by Gasteiger charge is -2.36. The number of amides is 1. The molecule has 162 valence electrons. The van der Waals surface area contributed by atoms with Crippen LogP contribution in [0.1, 0.15) is 29.6 Å². The van der Waals surface area contributed by atoms with Crippen LogP contribution in [0.15, 0.2) is 55.0 Å². The molecule has 2 aromatic heterocycles. The van der Waals surface area contributed by atoms with Crippen molar-refractivity contribution in [3.05, 3.63) is 66.4 Å². The first-order chi connectivity index (χ1) is 15.1. The third-order valence-electron chi connectivity index (χ3n) is 5.41. The normalized spacial score (nSPS) is 21.0. The number of halogens is 1. The van der Waals surface area contributed by atoms with E-state index in [0.29, 0.717) is 25.8 Å². The minimum atomic E-state index is -0.575. The second kappa shape index (κ2) is 9.76. The number of nitrogens with one attached hydrogen (secondary N) is 1. The predicted octanol–water partition coefficient (Wildman–Crippen LogP) is 2.21. The lowest BCUT2D eigenvalue weighted by Crippen LogP contribution is -2.51. The highest BCUT2D eigenvalue weighted by molar-refractivity contribution is 5.94. The quantitative estimate of drug-likeness (QED) is 0.602. The molecule has 3 atom stereocenters. The van der Waals surface area contributed by atoms with Crippen LogP contribution in [0.3, 0.4) is 0 Å². The first kappa shape index (κ1) is 21.1. The summed E-state index contributed by atoms with van der Waals surface area (Å²) in [6.45, 7) is 0.384. The summed E-state index contributed by atoms with van der Waals surface area (Å²) in [5.74, 6) is -1.08. The maximum atomic E-state index is 13.8. The Morgan fingerprint density at radius 2 is 2.13 bits per heavy atom. The molecule has 1 amide bonds. The molecule has 0 radical (unpaired) electrons. The monoisotopic (exact) mass is 425 g/mol. The lowest BCUT2D eigenvalue weighted by atomic mass is 9.96. The molecule has 0 saturated carbocycles. The molecule has 1 aliphatic rings. The van der Waals surface area contributed by atoms with Gasteiger partial charge in [0.25, 0.3) is 5.91 Å². The van der Waals surface area contributed by atoms with Gasteiger partial charge in [-0.1, -0.05) is 17.3 Å². The van der Waals surface area contributed by atoms with Crippen LogP contribution in [0.25, 0.3) is 11.3 Å². The molecule has 3 heterocycles. The number of aliphatic hydroxyl groups excluding tert-OH is 1. The van der Waals surface area contributed by atoms with Gasteiger partial charge >= 0.3 is 0 Å². The van der Waals surface area contributed by atoms with E-state index < -0.39 is 17.8 Å². The van der Waals surface area contributed by atoms with Gasteiger partial charge in [0.05, 0.1) is 30.5 Å². The Balaban J connectivity index is 1.30. The Morgan fingerprint density at radius 1 is 1.26 bits per heavy atom. The largest absolute Gasteiger partial charge is 0.394 e. The number of ether oxygens (including phenoxy) is 1. The predicted molar refractivity (Wildman–Crippen MR) is 111 cm³/mol. The Hall–Kier alpha value is -3.17. The van der Waals surface area contributed by atoms with Crippen LogP contribution in [0.2, 0.25) is 0 Å². The van der Waals surface area contributed by atoms with Crippen molar-refractivity contribution >= 4 is 5.91 Å². The van der Waals surface area contributed by atoms with Gasteiger partial charge in [-0.2, -0.15) is 0 Å². The smallest absolute Gasteiger partial charge is 0.254 e.